The van der Waals surface area contributed by atoms with Gasteiger partial charge in [-0.25, -0.2) is 9.78 Å². The van der Waals surface area contributed by atoms with E-state index in [0.29, 0.717) is 52.3 Å². The number of aliphatic hydroxyl groups excluding tert-OH is 1. The predicted molar refractivity (Wildman–Crippen MR) is 146 cm³/mol. The van der Waals surface area contributed by atoms with Crippen LogP contribution in [0.25, 0.3) is 16.8 Å². The van der Waals surface area contributed by atoms with Crippen molar-refractivity contribution in [2.24, 2.45) is 0 Å². The van der Waals surface area contributed by atoms with Crippen molar-refractivity contribution < 1.29 is 19.4 Å². The standard InChI is InChI=1S/C28H26Cl2N4O4/c1-3-24-27(38-28(37)31-12-17-9-21(29)11-22(30)10-17)34-13-20(8-16(2)25(34)32-24)18-4-6-19(7-5-18)26(36)33-14-23(35)15-33/h4-11,13,23,35H,3,12,14-15H2,1-2H3,(H,31,37). The van der Waals surface area contributed by atoms with E-state index in [4.69, 9.17) is 32.9 Å². The van der Waals surface area contributed by atoms with Crippen molar-refractivity contribution in [3.63, 3.8) is 0 Å². The zero-order chi connectivity index (χ0) is 27.0. The van der Waals surface area contributed by atoms with Crippen molar-refractivity contribution in [1.82, 2.24) is 19.6 Å². The summed E-state index contributed by atoms with van der Waals surface area (Å²) in [6.07, 6.45) is 1.38. The summed E-state index contributed by atoms with van der Waals surface area (Å²) in [6.45, 7) is 4.82. The van der Waals surface area contributed by atoms with Gasteiger partial charge in [0, 0.05) is 41.4 Å². The first kappa shape index (κ1) is 26.0. The van der Waals surface area contributed by atoms with Gasteiger partial charge in [-0.3, -0.25) is 9.20 Å². The Balaban J connectivity index is 1.38. The van der Waals surface area contributed by atoms with Crippen molar-refractivity contribution in [3.8, 4) is 17.0 Å². The number of aliphatic hydroxyl groups is 1. The molecule has 1 fully saturated rings. The van der Waals surface area contributed by atoms with E-state index < -0.39 is 12.2 Å². The third-order valence-electron chi connectivity index (χ3n) is 6.43. The summed E-state index contributed by atoms with van der Waals surface area (Å²) in [4.78, 5) is 31.6. The molecule has 4 aromatic rings. The Morgan fingerprint density at radius 1 is 1.08 bits per heavy atom. The predicted octanol–water partition coefficient (Wildman–Crippen LogP) is 5.28. The molecule has 0 unspecified atom stereocenters. The van der Waals surface area contributed by atoms with Crippen LogP contribution in [0.2, 0.25) is 10.0 Å². The summed E-state index contributed by atoms with van der Waals surface area (Å²) in [6, 6.07) is 14.4. The largest absolute Gasteiger partial charge is 0.414 e. The smallest absolute Gasteiger partial charge is 0.391 e. The number of rotatable bonds is 6. The van der Waals surface area contributed by atoms with E-state index in [1.54, 1.807) is 39.6 Å². The summed E-state index contributed by atoms with van der Waals surface area (Å²) >= 11 is 12.1. The number of nitrogens with one attached hydrogen (secondary N) is 1. The first-order valence-electron chi connectivity index (χ1n) is 12.2. The van der Waals surface area contributed by atoms with E-state index in [9.17, 15) is 14.7 Å². The van der Waals surface area contributed by atoms with Crippen molar-refractivity contribution in [2.45, 2.75) is 32.9 Å². The maximum absolute atomic E-state index is 12.7. The van der Waals surface area contributed by atoms with E-state index in [1.807, 2.05) is 38.2 Å². The van der Waals surface area contributed by atoms with Crippen molar-refractivity contribution >= 4 is 40.8 Å². The van der Waals surface area contributed by atoms with Gasteiger partial charge in [0.05, 0.1) is 6.10 Å². The van der Waals surface area contributed by atoms with Crippen LogP contribution in [-0.2, 0) is 13.0 Å². The molecular weight excluding hydrogens is 527 g/mol. The molecule has 2 N–H and O–H groups in total. The molecule has 10 heteroatoms. The molecule has 0 spiro atoms. The quantitative estimate of drug-likeness (QED) is 0.339. The maximum Gasteiger partial charge on any atom is 0.414 e. The van der Waals surface area contributed by atoms with Crippen molar-refractivity contribution in [2.75, 3.05) is 13.1 Å². The molecule has 196 valence electrons. The highest BCUT2D eigenvalue weighted by molar-refractivity contribution is 6.34. The topological polar surface area (TPSA) is 96.2 Å². The second-order valence-corrected chi connectivity index (χ2v) is 10.2. The zero-order valence-electron chi connectivity index (χ0n) is 20.9. The minimum absolute atomic E-state index is 0.0996. The lowest BCUT2D eigenvalue weighted by Crippen LogP contribution is -2.53. The lowest BCUT2D eigenvalue weighted by Gasteiger charge is -2.35. The number of hydrogen-bond acceptors (Lipinski definition) is 5. The van der Waals surface area contributed by atoms with Crippen LogP contribution >= 0.6 is 23.2 Å². The van der Waals surface area contributed by atoms with Crippen LogP contribution in [0.3, 0.4) is 0 Å². The van der Waals surface area contributed by atoms with Crippen LogP contribution in [0, 0.1) is 6.92 Å². The van der Waals surface area contributed by atoms with Gasteiger partial charge in [0.2, 0.25) is 5.88 Å². The molecule has 2 aromatic heterocycles. The van der Waals surface area contributed by atoms with Gasteiger partial charge in [-0.15, -0.1) is 0 Å². The fraction of sp³-hybridized carbons (Fsp3) is 0.250. The van der Waals surface area contributed by atoms with Crippen LogP contribution in [-0.4, -0.2) is 50.6 Å². The highest BCUT2D eigenvalue weighted by atomic mass is 35.5. The molecule has 0 saturated carbocycles. The average Bonchev–Trinajstić information content (AvgIpc) is 3.22. The van der Waals surface area contributed by atoms with E-state index >= 15 is 0 Å². The lowest BCUT2D eigenvalue weighted by molar-refractivity contribution is 0.00589. The number of nitrogens with zero attached hydrogens (tertiary/aromatic N) is 3. The van der Waals surface area contributed by atoms with Crippen LogP contribution in [0.5, 0.6) is 5.88 Å². The fourth-order valence-corrected chi connectivity index (χ4v) is 5.02. The number of ether oxygens (including phenoxy) is 1. The van der Waals surface area contributed by atoms with Crippen LogP contribution < -0.4 is 10.1 Å². The molecule has 0 atom stereocenters. The molecule has 0 bridgehead atoms. The number of likely N-dealkylation sites (tertiary alicyclic amines) is 1. The molecule has 2 aromatic carbocycles. The molecule has 0 radical (unpaired) electrons. The van der Waals surface area contributed by atoms with Gasteiger partial charge in [-0.2, -0.15) is 0 Å². The number of hydrogen-bond donors (Lipinski definition) is 2. The van der Waals surface area contributed by atoms with Gasteiger partial charge in [-0.1, -0.05) is 42.3 Å². The summed E-state index contributed by atoms with van der Waals surface area (Å²) in [5, 5.41) is 13.2. The molecule has 5 rings (SSSR count). The minimum atomic E-state index is -0.625. The normalized spacial score (nSPS) is 13.4. The highest BCUT2D eigenvalue weighted by Crippen LogP contribution is 2.29. The minimum Gasteiger partial charge on any atom is -0.391 e. The number of imidazole rings is 1. The molecule has 0 aliphatic carbocycles. The average molecular weight is 553 g/mol. The van der Waals surface area contributed by atoms with Gasteiger partial charge < -0.3 is 20.1 Å². The van der Waals surface area contributed by atoms with Crippen LogP contribution in [0.4, 0.5) is 4.79 Å². The maximum atomic E-state index is 12.7. The molecule has 1 aliphatic rings. The molecule has 38 heavy (non-hydrogen) atoms. The number of benzene rings is 2. The van der Waals surface area contributed by atoms with E-state index in [-0.39, 0.29) is 12.5 Å². The number of aromatic nitrogens is 2. The summed E-state index contributed by atoms with van der Waals surface area (Å²) < 4.78 is 7.51. The molecular formula is C28H26Cl2N4O4. The molecule has 3 heterocycles. The van der Waals surface area contributed by atoms with Gasteiger partial charge in [0.15, 0.2) is 0 Å². The number of amides is 2. The van der Waals surface area contributed by atoms with Gasteiger partial charge in [0.25, 0.3) is 5.91 Å². The first-order valence-corrected chi connectivity index (χ1v) is 13.0. The first-order chi connectivity index (χ1) is 18.2. The third kappa shape index (κ3) is 5.34. The van der Waals surface area contributed by atoms with Gasteiger partial charge in [-0.05, 0) is 72.0 Å². The second kappa shape index (κ2) is 10.6. The fourth-order valence-electron chi connectivity index (χ4n) is 4.45. The summed E-state index contributed by atoms with van der Waals surface area (Å²) in [5.41, 5.74) is 5.36. The zero-order valence-corrected chi connectivity index (χ0v) is 22.4. The Bertz CT molecular complexity index is 1510. The molecule has 2 amide bonds. The van der Waals surface area contributed by atoms with E-state index in [1.165, 1.54) is 0 Å². The lowest BCUT2D eigenvalue weighted by atomic mass is 10.0. The molecule has 1 saturated heterocycles. The van der Waals surface area contributed by atoms with Crippen LogP contribution in [0.15, 0.2) is 54.7 Å². The molecule has 1 aliphatic heterocycles. The number of carbonyl (C=O) groups excluding carboxylic acids is 2. The summed E-state index contributed by atoms with van der Waals surface area (Å²) in [5.74, 6) is 0.245. The van der Waals surface area contributed by atoms with Crippen LogP contribution in [0.1, 0.15) is 34.1 Å². The van der Waals surface area contributed by atoms with Crippen molar-refractivity contribution in [1.29, 1.82) is 0 Å². The Morgan fingerprint density at radius 3 is 2.39 bits per heavy atom. The van der Waals surface area contributed by atoms with Gasteiger partial charge in [0.1, 0.15) is 11.3 Å². The number of carbonyl (C=O) groups is 2. The Hall–Kier alpha value is -3.59. The highest BCUT2D eigenvalue weighted by Gasteiger charge is 2.29. The summed E-state index contributed by atoms with van der Waals surface area (Å²) in [7, 11) is 0. The van der Waals surface area contributed by atoms with Crippen molar-refractivity contribution in [3.05, 3.63) is 87.2 Å². The number of fused-ring (bicyclic) bond motifs is 1. The SMILES string of the molecule is CCc1nc2c(C)cc(-c3ccc(C(=O)N4CC(O)C4)cc3)cn2c1OC(=O)NCc1cc(Cl)cc(Cl)c1. The second-order valence-electron chi connectivity index (χ2n) is 9.28. The van der Waals surface area contributed by atoms with Gasteiger partial charge >= 0.3 is 6.09 Å². The van der Waals surface area contributed by atoms with E-state index in [0.717, 1.165) is 22.3 Å². The third-order valence-corrected chi connectivity index (χ3v) is 6.86. The Kier molecular flexibility index (Phi) is 7.29. The van der Waals surface area contributed by atoms with E-state index in [2.05, 4.69) is 5.32 Å². The monoisotopic (exact) mass is 552 g/mol. The Labute approximate surface area is 229 Å². The number of halogens is 2. The number of β-amino-alcohol motifs (C(OH)–C–C–N with tert-alkyl or cyclic N) is 1. The number of aryl methyl sites for hydroxylation is 2. The number of pyridine rings is 1. The molecule has 8 nitrogen and oxygen atoms in total. The Morgan fingerprint density at radius 2 is 1.76 bits per heavy atom.